The molecule has 0 aromatic carbocycles. The molecule has 0 fully saturated rings. The Morgan fingerprint density at radius 1 is 1.56 bits per heavy atom. The summed E-state index contributed by atoms with van der Waals surface area (Å²) >= 11 is 0. The van der Waals surface area contributed by atoms with Crippen molar-refractivity contribution < 1.29 is 0 Å². The Balaban J connectivity index is 1.81. The number of aryl methyl sites for hydroxylation is 1. The van der Waals surface area contributed by atoms with Crippen molar-refractivity contribution in [1.29, 1.82) is 0 Å². The van der Waals surface area contributed by atoms with Gasteiger partial charge < -0.3 is 9.88 Å². The number of aromatic nitrogens is 2. The molecule has 0 radical (unpaired) electrons. The summed E-state index contributed by atoms with van der Waals surface area (Å²) in [7, 11) is 2.05. The molecule has 1 aromatic heterocycles. The number of nitrogens with one attached hydrogen (secondary N) is 1. The van der Waals surface area contributed by atoms with Gasteiger partial charge in [-0.1, -0.05) is 12.2 Å². The Hall–Kier alpha value is -1.09. The summed E-state index contributed by atoms with van der Waals surface area (Å²) in [6, 6.07) is 0.339. The van der Waals surface area contributed by atoms with E-state index in [-0.39, 0.29) is 0 Å². The zero-order valence-corrected chi connectivity index (χ0v) is 10.2. The molecule has 1 aliphatic rings. The molecule has 0 bridgehead atoms. The molecule has 2 unspecified atom stereocenters. The topological polar surface area (TPSA) is 29.9 Å². The third kappa shape index (κ3) is 2.73. The van der Waals surface area contributed by atoms with Gasteiger partial charge in [-0.2, -0.15) is 0 Å². The van der Waals surface area contributed by atoms with Crippen molar-refractivity contribution in [2.24, 2.45) is 13.0 Å². The molecular formula is C13H21N3. The SMILES string of the molecule is CC(NCC1CC=CCC1)c1nccn1C. The minimum atomic E-state index is 0.339. The van der Waals surface area contributed by atoms with Crippen LogP contribution >= 0.6 is 0 Å². The zero-order valence-electron chi connectivity index (χ0n) is 10.2. The number of rotatable bonds is 4. The van der Waals surface area contributed by atoms with Crippen LogP contribution in [0.3, 0.4) is 0 Å². The van der Waals surface area contributed by atoms with E-state index in [1.165, 1.54) is 19.3 Å². The number of nitrogens with zero attached hydrogens (tertiary/aromatic N) is 2. The van der Waals surface area contributed by atoms with Gasteiger partial charge in [-0.15, -0.1) is 0 Å². The van der Waals surface area contributed by atoms with Crippen molar-refractivity contribution in [1.82, 2.24) is 14.9 Å². The lowest BCUT2D eigenvalue weighted by atomic mass is 9.94. The summed E-state index contributed by atoms with van der Waals surface area (Å²) in [6.07, 6.45) is 12.2. The molecule has 16 heavy (non-hydrogen) atoms. The molecule has 0 aliphatic heterocycles. The van der Waals surface area contributed by atoms with Gasteiger partial charge in [-0.3, -0.25) is 0 Å². The summed E-state index contributed by atoms with van der Waals surface area (Å²) in [6.45, 7) is 3.28. The second kappa shape index (κ2) is 5.30. The molecule has 2 rings (SSSR count). The Morgan fingerprint density at radius 2 is 2.44 bits per heavy atom. The highest BCUT2D eigenvalue weighted by Gasteiger charge is 2.13. The van der Waals surface area contributed by atoms with E-state index < -0.39 is 0 Å². The fourth-order valence-electron chi connectivity index (χ4n) is 2.27. The molecule has 3 nitrogen and oxygen atoms in total. The lowest BCUT2D eigenvalue weighted by Crippen LogP contribution is -2.27. The lowest BCUT2D eigenvalue weighted by Gasteiger charge is -2.21. The fraction of sp³-hybridized carbons (Fsp3) is 0.615. The Kier molecular flexibility index (Phi) is 3.78. The quantitative estimate of drug-likeness (QED) is 0.788. The predicted molar refractivity (Wildman–Crippen MR) is 66.1 cm³/mol. The molecule has 1 heterocycles. The number of allylic oxidation sites excluding steroid dienone is 2. The van der Waals surface area contributed by atoms with E-state index in [9.17, 15) is 0 Å². The molecule has 3 heteroatoms. The molecule has 0 saturated carbocycles. The largest absolute Gasteiger partial charge is 0.337 e. The highest BCUT2D eigenvalue weighted by molar-refractivity contribution is 4.97. The summed E-state index contributed by atoms with van der Waals surface area (Å²) in [5, 5.41) is 3.58. The van der Waals surface area contributed by atoms with Crippen LogP contribution < -0.4 is 5.32 Å². The molecule has 0 spiro atoms. The van der Waals surface area contributed by atoms with Crippen molar-refractivity contribution in [2.75, 3.05) is 6.54 Å². The van der Waals surface area contributed by atoms with Gasteiger partial charge in [0.05, 0.1) is 6.04 Å². The molecule has 0 saturated heterocycles. The predicted octanol–water partition coefficient (Wildman–Crippen LogP) is 2.43. The first-order chi connectivity index (χ1) is 7.77. The minimum Gasteiger partial charge on any atom is -0.337 e. The van der Waals surface area contributed by atoms with Crippen molar-refractivity contribution >= 4 is 0 Å². The van der Waals surface area contributed by atoms with E-state index in [0.717, 1.165) is 18.3 Å². The highest BCUT2D eigenvalue weighted by Crippen LogP contribution is 2.18. The summed E-state index contributed by atoms with van der Waals surface area (Å²) in [4.78, 5) is 4.37. The van der Waals surface area contributed by atoms with Crippen LogP contribution in [0.4, 0.5) is 0 Å². The van der Waals surface area contributed by atoms with E-state index in [1.54, 1.807) is 0 Å². The Bertz CT molecular complexity index is 354. The minimum absolute atomic E-state index is 0.339. The first-order valence-corrected chi connectivity index (χ1v) is 6.13. The maximum atomic E-state index is 4.37. The van der Waals surface area contributed by atoms with Crippen molar-refractivity contribution in [3.63, 3.8) is 0 Å². The maximum Gasteiger partial charge on any atom is 0.125 e. The van der Waals surface area contributed by atoms with E-state index in [4.69, 9.17) is 0 Å². The summed E-state index contributed by atoms with van der Waals surface area (Å²) in [5.74, 6) is 1.92. The van der Waals surface area contributed by atoms with Crippen LogP contribution in [0.15, 0.2) is 24.5 Å². The van der Waals surface area contributed by atoms with Crippen LogP contribution in [-0.4, -0.2) is 16.1 Å². The van der Waals surface area contributed by atoms with E-state index in [1.807, 2.05) is 19.4 Å². The standard InChI is InChI=1S/C13H21N3/c1-11(13-14-8-9-16(13)2)15-10-12-6-4-3-5-7-12/h3-4,8-9,11-12,15H,5-7,10H2,1-2H3. The Morgan fingerprint density at radius 3 is 3.06 bits per heavy atom. The number of imidazole rings is 1. The summed E-state index contributed by atoms with van der Waals surface area (Å²) < 4.78 is 2.08. The smallest absolute Gasteiger partial charge is 0.125 e. The van der Waals surface area contributed by atoms with E-state index >= 15 is 0 Å². The van der Waals surface area contributed by atoms with Crippen LogP contribution in [0.2, 0.25) is 0 Å². The first kappa shape index (κ1) is 11.4. The number of hydrogen-bond donors (Lipinski definition) is 1. The zero-order chi connectivity index (χ0) is 11.4. The van der Waals surface area contributed by atoms with Crippen LogP contribution in [0.5, 0.6) is 0 Å². The summed E-state index contributed by atoms with van der Waals surface area (Å²) in [5.41, 5.74) is 0. The van der Waals surface area contributed by atoms with Gasteiger partial charge in [0.1, 0.15) is 5.82 Å². The van der Waals surface area contributed by atoms with Gasteiger partial charge in [-0.25, -0.2) is 4.98 Å². The molecule has 1 aliphatic carbocycles. The second-order valence-electron chi connectivity index (χ2n) is 4.68. The normalized spacial score (nSPS) is 22.2. The van der Waals surface area contributed by atoms with Gasteiger partial charge in [0, 0.05) is 19.4 Å². The van der Waals surface area contributed by atoms with E-state index in [0.29, 0.717) is 6.04 Å². The maximum absolute atomic E-state index is 4.37. The third-order valence-electron chi connectivity index (χ3n) is 3.34. The first-order valence-electron chi connectivity index (χ1n) is 6.13. The molecular weight excluding hydrogens is 198 g/mol. The van der Waals surface area contributed by atoms with Crippen molar-refractivity contribution in [3.05, 3.63) is 30.4 Å². The number of hydrogen-bond acceptors (Lipinski definition) is 2. The van der Waals surface area contributed by atoms with Crippen LogP contribution in [0, 0.1) is 5.92 Å². The molecule has 2 atom stereocenters. The van der Waals surface area contributed by atoms with Gasteiger partial charge >= 0.3 is 0 Å². The van der Waals surface area contributed by atoms with Crippen LogP contribution in [0.1, 0.15) is 38.1 Å². The average Bonchev–Trinajstić information content (AvgIpc) is 2.74. The van der Waals surface area contributed by atoms with E-state index in [2.05, 4.69) is 33.9 Å². The fourth-order valence-corrected chi connectivity index (χ4v) is 2.27. The van der Waals surface area contributed by atoms with Crippen LogP contribution in [-0.2, 0) is 7.05 Å². The van der Waals surface area contributed by atoms with Crippen molar-refractivity contribution in [2.45, 2.75) is 32.2 Å². The van der Waals surface area contributed by atoms with Gasteiger partial charge in [0.25, 0.3) is 0 Å². The highest BCUT2D eigenvalue weighted by atomic mass is 15.1. The van der Waals surface area contributed by atoms with Gasteiger partial charge in [-0.05, 0) is 38.6 Å². The second-order valence-corrected chi connectivity index (χ2v) is 4.68. The van der Waals surface area contributed by atoms with Crippen molar-refractivity contribution in [3.8, 4) is 0 Å². The molecule has 1 N–H and O–H groups in total. The molecule has 0 amide bonds. The molecule has 88 valence electrons. The average molecular weight is 219 g/mol. The van der Waals surface area contributed by atoms with Gasteiger partial charge in [0.2, 0.25) is 0 Å². The van der Waals surface area contributed by atoms with Crippen LogP contribution in [0.25, 0.3) is 0 Å². The third-order valence-corrected chi connectivity index (χ3v) is 3.34. The monoisotopic (exact) mass is 219 g/mol. The molecule has 1 aromatic rings. The Labute approximate surface area is 97.6 Å². The van der Waals surface area contributed by atoms with Gasteiger partial charge in [0.15, 0.2) is 0 Å². The lowest BCUT2D eigenvalue weighted by molar-refractivity contribution is 0.406.